The molecule has 0 radical (unpaired) electrons. The molecule has 2 N–H and O–H groups in total. The molecule has 2 amide bonds. The molecule has 2 aromatic rings. The zero-order valence-electron chi connectivity index (χ0n) is 13.1. The Labute approximate surface area is 147 Å². The van der Waals surface area contributed by atoms with Crippen LogP contribution in [0.25, 0.3) is 0 Å². The first-order valence-electron chi connectivity index (χ1n) is 7.18. The Bertz CT molecular complexity index is 789. The van der Waals surface area contributed by atoms with Crippen LogP contribution < -0.4 is 10.6 Å². The molecule has 0 aliphatic carbocycles. The highest BCUT2D eigenvalue weighted by molar-refractivity contribution is 6.31. The number of nitrogens with one attached hydrogen (secondary N) is 2. The number of hydrogen-bond donors (Lipinski definition) is 2. The minimum Gasteiger partial charge on any atom is -0.325 e. The molecular weight excluding hydrogens is 357 g/mol. The lowest BCUT2D eigenvalue weighted by atomic mass is 10.1. The average molecular weight is 371 g/mol. The van der Waals surface area contributed by atoms with E-state index in [4.69, 9.17) is 11.6 Å². The molecule has 0 saturated heterocycles. The molecule has 0 fully saturated rings. The number of anilines is 2. The molecule has 0 saturated carbocycles. The fourth-order valence-electron chi connectivity index (χ4n) is 2.11. The van der Waals surface area contributed by atoms with Crippen molar-refractivity contribution in [3.63, 3.8) is 0 Å². The van der Waals surface area contributed by atoms with Crippen molar-refractivity contribution in [3.05, 3.63) is 58.6 Å². The predicted molar refractivity (Wildman–Crippen MR) is 89.5 cm³/mol. The van der Waals surface area contributed by atoms with Crippen molar-refractivity contribution in [1.29, 1.82) is 0 Å². The van der Waals surface area contributed by atoms with Crippen LogP contribution in [-0.2, 0) is 22.2 Å². The maximum atomic E-state index is 12.5. The van der Waals surface area contributed by atoms with Crippen LogP contribution in [0.2, 0.25) is 5.02 Å². The van der Waals surface area contributed by atoms with Crippen LogP contribution in [0, 0.1) is 0 Å². The molecule has 0 aliphatic rings. The maximum absolute atomic E-state index is 12.5. The van der Waals surface area contributed by atoms with Crippen LogP contribution >= 0.6 is 11.6 Å². The van der Waals surface area contributed by atoms with Crippen LogP contribution in [-0.4, -0.2) is 11.8 Å². The minimum atomic E-state index is -4.42. The highest BCUT2D eigenvalue weighted by Crippen LogP contribution is 2.29. The predicted octanol–water partition coefficient (Wildman–Crippen LogP) is 4.50. The van der Waals surface area contributed by atoms with Gasteiger partial charge < -0.3 is 10.6 Å². The highest BCUT2D eigenvalue weighted by atomic mass is 35.5. The van der Waals surface area contributed by atoms with Gasteiger partial charge in [-0.2, -0.15) is 13.2 Å². The van der Waals surface area contributed by atoms with Crippen molar-refractivity contribution >= 4 is 34.8 Å². The molecule has 0 unspecified atom stereocenters. The molecule has 0 aromatic heterocycles. The Morgan fingerprint density at radius 2 is 1.64 bits per heavy atom. The number of carbonyl (C=O) groups excluding carboxylic acids is 2. The number of benzene rings is 2. The van der Waals surface area contributed by atoms with Crippen LogP contribution in [0.4, 0.5) is 24.5 Å². The van der Waals surface area contributed by atoms with Crippen molar-refractivity contribution in [1.82, 2.24) is 0 Å². The third kappa shape index (κ3) is 5.49. The van der Waals surface area contributed by atoms with E-state index in [0.717, 1.165) is 12.1 Å². The van der Waals surface area contributed by atoms with Crippen LogP contribution in [0.5, 0.6) is 0 Å². The summed E-state index contributed by atoms with van der Waals surface area (Å²) in [5.41, 5.74) is 0.324. The Morgan fingerprint density at radius 3 is 2.20 bits per heavy atom. The van der Waals surface area contributed by atoms with E-state index in [1.807, 2.05) is 0 Å². The molecule has 8 heteroatoms. The van der Waals surface area contributed by atoms with Crippen LogP contribution in [0.3, 0.4) is 0 Å². The van der Waals surface area contributed by atoms with E-state index >= 15 is 0 Å². The summed E-state index contributed by atoms with van der Waals surface area (Å²) in [5, 5.41) is 5.51. The highest BCUT2D eigenvalue weighted by Gasteiger charge is 2.29. The normalized spacial score (nSPS) is 11.1. The maximum Gasteiger partial charge on any atom is 0.416 e. The first-order chi connectivity index (χ1) is 11.6. The lowest BCUT2D eigenvalue weighted by molar-refractivity contribution is -0.137. The Balaban J connectivity index is 2.10. The second kappa shape index (κ2) is 7.57. The van der Waals surface area contributed by atoms with Crippen molar-refractivity contribution in [2.24, 2.45) is 0 Å². The number of hydrogen-bond acceptors (Lipinski definition) is 2. The lowest BCUT2D eigenvalue weighted by Gasteiger charge is -2.12. The zero-order chi connectivity index (χ0) is 18.6. The van der Waals surface area contributed by atoms with Gasteiger partial charge in [0.15, 0.2) is 0 Å². The molecule has 0 atom stereocenters. The smallest absolute Gasteiger partial charge is 0.325 e. The van der Waals surface area contributed by atoms with Gasteiger partial charge in [-0.25, -0.2) is 0 Å². The Hall–Kier alpha value is -2.54. The van der Waals surface area contributed by atoms with E-state index < -0.39 is 17.6 Å². The van der Waals surface area contributed by atoms with E-state index in [1.165, 1.54) is 31.2 Å². The van der Waals surface area contributed by atoms with Gasteiger partial charge in [0.1, 0.15) is 0 Å². The topological polar surface area (TPSA) is 58.2 Å². The van der Waals surface area contributed by atoms with E-state index in [-0.39, 0.29) is 12.3 Å². The second-order valence-corrected chi connectivity index (χ2v) is 5.73. The molecular formula is C17H14ClF3N2O2. The SMILES string of the molecule is CC(=O)Nc1ccc(Cl)cc1NC(=O)Cc1ccc(C(F)(F)F)cc1. The van der Waals surface area contributed by atoms with Gasteiger partial charge in [-0.1, -0.05) is 23.7 Å². The average Bonchev–Trinajstić information content (AvgIpc) is 2.49. The van der Waals surface area contributed by atoms with Crippen molar-refractivity contribution in [2.75, 3.05) is 10.6 Å². The molecule has 25 heavy (non-hydrogen) atoms. The summed E-state index contributed by atoms with van der Waals surface area (Å²) in [6, 6.07) is 8.90. The lowest BCUT2D eigenvalue weighted by Crippen LogP contribution is -2.17. The zero-order valence-corrected chi connectivity index (χ0v) is 13.8. The van der Waals surface area contributed by atoms with E-state index in [0.29, 0.717) is 22.0 Å². The third-order valence-corrected chi connectivity index (χ3v) is 3.45. The summed E-state index contributed by atoms with van der Waals surface area (Å²) in [6.07, 6.45) is -4.54. The molecule has 0 bridgehead atoms. The summed E-state index contributed by atoms with van der Waals surface area (Å²) in [5.74, 6) is -0.769. The molecule has 2 aromatic carbocycles. The Morgan fingerprint density at radius 1 is 1.00 bits per heavy atom. The van der Waals surface area contributed by atoms with Gasteiger partial charge in [-0.3, -0.25) is 9.59 Å². The first-order valence-corrected chi connectivity index (χ1v) is 7.56. The van der Waals surface area contributed by atoms with Gasteiger partial charge in [-0.15, -0.1) is 0 Å². The van der Waals surface area contributed by atoms with Gasteiger partial charge in [-0.05, 0) is 35.9 Å². The first kappa shape index (κ1) is 18.8. The van der Waals surface area contributed by atoms with E-state index in [9.17, 15) is 22.8 Å². The number of halogens is 4. The van der Waals surface area contributed by atoms with Crippen LogP contribution in [0.15, 0.2) is 42.5 Å². The van der Waals surface area contributed by atoms with Crippen molar-refractivity contribution < 1.29 is 22.8 Å². The molecule has 4 nitrogen and oxygen atoms in total. The van der Waals surface area contributed by atoms with Crippen LogP contribution in [0.1, 0.15) is 18.1 Å². The van der Waals surface area contributed by atoms with E-state index in [2.05, 4.69) is 10.6 Å². The van der Waals surface area contributed by atoms with Gasteiger partial charge >= 0.3 is 6.18 Å². The van der Waals surface area contributed by atoms with Gasteiger partial charge in [0.05, 0.1) is 23.4 Å². The summed E-state index contributed by atoms with van der Waals surface area (Å²) in [4.78, 5) is 23.3. The molecule has 0 spiro atoms. The van der Waals surface area contributed by atoms with Gasteiger partial charge in [0.2, 0.25) is 11.8 Å². The van der Waals surface area contributed by atoms with Gasteiger partial charge in [0.25, 0.3) is 0 Å². The fraction of sp³-hybridized carbons (Fsp3) is 0.176. The number of rotatable bonds is 4. The third-order valence-electron chi connectivity index (χ3n) is 3.21. The number of amides is 2. The summed E-state index contributed by atoms with van der Waals surface area (Å²) < 4.78 is 37.6. The largest absolute Gasteiger partial charge is 0.416 e. The monoisotopic (exact) mass is 370 g/mol. The number of carbonyl (C=O) groups is 2. The van der Waals surface area contributed by atoms with E-state index in [1.54, 1.807) is 6.07 Å². The summed E-state index contributed by atoms with van der Waals surface area (Å²) in [7, 11) is 0. The molecule has 0 heterocycles. The molecule has 0 aliphatic heterocycles. The number of alkyl halides is 3. The van der Waals surface area contributed by atoms with Gasteiger partial charge in [0, 0.05) is 11.9 Å². The summed E-state index contributed by atoms with van der Waals surface area (Å²) in [6.45, 7) is 1.32. The second-order valence-electron chi connectivity index (χ2n) is 5.29. The standard InChI is InChI=1S/C17H14ClF3N2O2/c1-10(24)22-14-7-6-13(18)9-15(14)23-16(25)8-11-2-4-12(5-3-11)17(19,20)21/h2-7,9H,8H2,1H3,(H,22,24)(H,23,25). The molecule has 2 rings (SSSR count). The quantitative estimate of drug-likeness (QED) is 0.832. The fourth-order valence-corrected chi connectivity index (χ4v) is 2.28. The minimum absolute atomic E-state index is 0.121. The van der Waals surface area contributed by atoms with Crippen molar-refractivity contribution in [3.8, 4) is 0 Å². The van der Waals surface area contributed by atoms with Crippen molar-refractivity contribution in [2.45, 2.75) is 19.5 Å². The summed E-state index contributed by atoms with van der Waals surface area (Å²) >= 11 is 5.89. The molecule has 132 valence electrons. The Kier molecular flexibility index (Phi) is 5.69.